The van der Waals surface area contributed by atoms with E-state index in [1.165, 1.54) is 6.92 Å². The van der Waals surface area contributed by atoms with Gasteiger partial charge in [-0.1, -0.05) is 30.6 Å². The van der Waals surface area contributed by atoms with Gasteiger partial charge in [-0.15, -0.1) is 10.2 Å². The van der Waals surface area contributed by atoms with Crippen molar-refractivity contribution in [3.05, 3.63) is 0 Å². The number of anilines is 1. The van der Waals surface area contributed by atoms with Crippen LogP contribution in [0.2, 0.25) is 0 Å². The Morgan fingerprint density at radius 2 is 2.00 bits per heavy atom. The summed E-state index contributed by atoms with van der Waals surface area (Å²) in [6.07, 6.45) is 3.24. The molecule has 1 heterocycles. The van der Waals surface area contributed by atoms with Crippen molar-refractivity contribution in [2.24, 2.45) is 0 Å². The van der Waals surface area contributed by atoms with Crippen molar-refractivity contribution >= 4 is 32.4 Å². The lowest BCUT2D eigenvalue weighted by Gasteiger charge is -2.20. The van der Waals surface area contributed by atoms with Crippen molar-refractivity contribution in [2.75, 3.05) is 5.32 Å². The predicted octanol–water partition coefficient (Wildman–Crippen LogP) is 0.468. The van der Waals surface area contributed by atoms with Gasteiger partial charge in [0.2, 0.25) is 15.4 Å². The molecule has 1 aliphatic carbocycles. The fourth-order valence-corrected chi connectivity index (χ4v) is 4.46. The maximum absolute atomic E-state index is 12.2. The zero-order chi connectivity index (χ0) is 15.5. The van der Waals surface area contributed by atoms with E-state index in [-0.39, 0.29) is 15.4 Å². The average molecular weight is 334 g/mol. The third-order valence-electron chi connectivity index (χ3n) is 3.21. The molecule has 2 rings (SSSR count). The maximum atomic E-state index is 12.2. The van der Waals surface area contributed by atoms with E-state index in [0.29, 0.717) is 12.8 Å². The zero-order valence-corrected chi connectivity index (χ0v) is 13.2. The van der Waals surface area contributed by atoms with Gasteiger partial charge in [-0.3, -0.25) is 4.79 Å². The highest BCUT2D eigenvalue weighted by molar-refractivity contribution is 7.91. The Kier molecular flexibility index (Phi) is 5.25. The van der Waals surface area contributed by atoms with Gasteiger partial charge in [0.15, 0.2) is 0 Å². The summed E-state index contributed by atoms with van der Waals surface area (Å²) in [6, 6.07) is -0.509. The van der Waals surface area contributed by atoms with Crippen molar-refractivity contribution in [3.63, 3.8) is 0 Å². The van der Waals surface area contributed by atoms with Crippen molar-refractivity contribution in [3.8, 4) is 0 Å². The van der Waals surface area contributed by atoms with Crippen molar-refractivity contribution in [2.45, 2.75) is 55.5 Å². The highest BCUT2D eigenvalue weighted by atomic mass is 32.2. The van der Waals surface area contributed by atoms with E-state index in [4.69, 9.17) is 0 Å². The fourth-order valence-electron chi connectivity index (χ4n) is 2.19. The Balaban J connectivity index is 2.10. The molecule has 1 aliphatic rings. The number of hydrogen-bond donors (Lipinski definition) is 3. The first kappa shape index (κ1) is 16.3. The van der Waals surface area contributed by atoms with Crippen LogP contribution in [-0.2, 0) is 14.8 Å². The number of rotatable bonds is 4. The highest BCUT2D eigenvalue weighted by Crippen LogP contribution is 2.23. The van der Waals surface area contributed by atoms with Gasteiger partial charge in [-0.2, -0.15) is 0 Å². The molecule has 1 saturated carbocycles. The van der Waals surface area contributed by atoms with E-state index in [1.54, 1.807) is 0 Å². The van der Waals surface area contributed by atoms with E-state index in [2.05, 4.69) is 20.2 Å². The van der Waals surface area contributed by atoms with Crippen LogP contribution in [0.5, 0.6) is 0 Å². The summed E-state index contributed by atoms with van der Waals surface area (Å²) in [7, 11) is -3.84. The molecule has 0 spiro atoms. The molecule has 21 heavy (non-hydrogen) atoms. The fraction of sp³-hybridized carbons (Fsp3) is 0.727. The van der Waals surface area contributed by atoms with Gasteiger partial charge >= 0.3 is 0 Å². The quantitative estimate of drug-likeness (QED) is 0.543. The lowest BCUT2D eigenvalue weighted by Crippen LogP contribution is -2.42. The Hall–Kier alpha value is -1.10. The Labute approximate surface area is 127 Å². The summed E-state index contributed by atoms with van der Waals surface area (Å²) in [5.41, 5.74) is 0. The van der Waals surface area contributed by atoms with Gasteiger partial charge in [-0.25, -0.2) is 13.1 Å². The molecule has 1 amide bonds. The molecule has 2 atom stereocenters. The van der Waals surface area contributed by atoms with Crippen LogP contribution < -0.4 is 10.0 Å². The number of aliphatic hydroxyl groups is 1. The minimum Gasteiger partial charge on any atom is -0.391 e. The summed E-state index contributed by atoms with van der Waals surface area (Å²) in [5.74, 6) is -0.345. The molecule has 0 bridgehead atoms. The minimum absolute atomic E-state index is 0.129. The molecule has 8 nitrogen and oxygen atoms in total. The molecule has 1 fully saturated rings. The molecular formula is C11H18N4O4S2. The molecular weight excluding hydrogens is 316 g/mol. The van der Waals surface area contributed by atoms with E-state index < -0.39 is 22.2 Å². The van der Waals surface area contributed by atoms with Crippen LogP contribution in [0.3, 0.4) is 0 Å². The predicted molar refractivity (Wildman–Crippen MR) is 77.4 cm³/mol. The van der Waals surface area contributed by atoms with Gasteiger partial charge in [0.05, 0.1) is 6.10 Å². The Morgan fingerprint density at radius 1 is 1.29 bits per heavy atom. The molecule has 0 saturated heterocycles. The molecule has 3 N–H and O–H groups in total. The second kappa shape index (κ2) is 6.77. The second-order valence-electron chi connectivity index (χ2n) is 4.99. The van der Waals surface area contributed by atoms with E-state index in [1.807, 2.05) is 0 Å². The number of carbonyl (C=O) groups excluding carboxylic acids is 1. The summed E-state index contributed by atoms with van der Waals surface area (Å²) in [6.45, 7) is 1.30. The van der Waals surface area contributed by atoms with Crippen LogP contribution in [-0.4, -0.2) is 41.8 Å². The maximum Gasteiger partial charge on any atom is 0.270 e. The first-order chi connectivity index (χ1) is 9.88. The van der Waals surface area contributed by atoms with Gasteiger partial charge < -0.3 is 10.4 Å². The number of carbonyl (C=O) groups is 1. The van der Waals surface area contributed by atoms with Crippen LogP contribution in [0.1, 0.15) is 39.0 Å². The molecule has 10 heteroatoms. The molecule has 1 aromatic heterocycles. The minimum atomic E-state index is -3.84. The van der Waals surface area contributed by atoms with Gasteiger partial charge in [0.25, 0.3) is 10.0 Å². The van der Waals surface area contributed by atoms with Crippen molar-refractivity contribution in [1.29, 1.82) is 0 Å². The number of nitrogens with zero attached hydrogens (tertiary/aromatic N) is 2. The Morgan fingerprint density at radius 3 is 2.71 bits per heavy atom. The molecule has 0 aliphatic heterocycles. The van der Waals surface area contributed by atoms with Gasteiger partial charge in [0, 0.05) is 13.0 Å². The standard InChI is InChI=1S/C11H18N4O4S2/c1-7(16)12-10-13-14-11(20-10)21(18,19)15-8-5-3-2-4-6-9(8)17/h8-9,15,17H,2-6H2,1H3,(H,12,13,16). The molecule has 2 unspecified atom stereocenters. The SMILES string of the molecule is CC(=O)Nc1nnc(S(=O)(=O)NC2CCCCCC2O)s1. The van der Waals surface area contributed by atoms with Crippen LogP contribution in [0.15, 0.2) is 4.34 Å². The van der Waals surface area contributed by atoms with Crippen LogP contribution in [0.4, 0.5) is 5.13 Å². The van der Waals surface area contributed by atoms with Crippen LogP contribution in [0, 0.1) is 0 Å². The van der Waals surface area contributed by atoms with E-state index >= 15 is 0 Å². The van der Waals surface area contributed by atoms with Crippen LogP contribution >= 0.6 is 11.3 Å². The van der Waals surface area contributed by atoms with Crippen LogP contribution in [0.25, 0.3) is 0 Å². The number of amides is 1. The summed E-state index contributed by atoms with van der Waals surface area (Å²) in [4.78, 5) is 10.9. The number of sulfonamides is 1. The Bertz CT molecular complexity index is 601. The topological polar surface area (TPSA) is 121 Å². The average Bonchev–Trinajstić information content (AvgIpc) is 2.76. The van der Waals surface area contributed by atoms with Gasteiger partial charge in [-0.05, 0) is 12.8 Å². The number of aromatic nitrogens is 2. The summed E-state index contributed by atoms with van der Waals surface area (Å²) < 4.78 is 26.7. The lowest BCUT2D eigenvalue weighted by atomic mass is 10.1. The molecule has 0 aromatic carbocycles. The van der Waals surface area contributed by atoms with Crippen molar-refractivity contribution < 1.29 is 18.3 Å². The first-order valence-electron chi connectivity index (χ1n) is 6.70. The van der Waals surface area contributed by atoms with E-state index in [0.717, 1.165) is 30.6 Å². The molecule has 1 aromatic rings. The van der Waals surface area contributed by atoms with E-state index in [9.17, 15) is 18.3 Å². The van der Waals surface area contributed by atoms with Gasteiger partial charge in [0.1, 0.15) is 0 Å². The normalized spacial score (nSPS) is 23.5. The second-order valence-corrected chi connectivity index (χ2v) is 7.85. The third-order valence-corrected chi connectivity index (χ3v) is 5.90. The number of hydrogen-bond acceptors (Lipinski definition) is 7. The monoisotopic (exact) mass is 334 g/mol. The summed E-state index contributed by atoms with van der Waals surface area (Å²) in [5, 5.41) is 19.7. The van der Waals surface area contributed by atoms with Crippen molar-refractivity contribution in [1.82, 2.24) is 14.9 Å². The molecule has 118 valence electrons. The lowest BCUT2D eigenvalue weighted by molar-refractivity contribution is -0.114. The molecule has 0 radical (unpaired) electrons. The largest absolute Gasteiger partial charge is 0.391 e. The highest BCUT2D eigenvalue weighted by Gasteiger charge is 2.29. The summed E-state index contributed by atoms with van der Waals surface area (Å²) >= 11 is 0.777. The zero-order valence-electron chi connectivity index (χ0n) is 11.6. The smallest absolute Gasteiger partial charge is 0.270 e. The number of nitrogens with one attached hydrogen (secondary N) is 2. The number of aliphatic hydroxyl groups excluding tert-OH is 1. The first-order valence-corrected chi connectivity index (χ1v) is 9.00. The third kappa shape index (κ3) is 4.43.